The smallest absolute Gasteiger partial charge is 0.132 e. The molecule has 0 heterocycles. The minimum atomic E-state index is 0.0694. The van der Waals surface area contributed by atoms with Crippen LogP contribution in [0.1, 0.15) is 34.1 Å². The summed E-state index contributed by atoms with van der Waals surface area (Å²) in [4.78, 5) is 0. The summed E-state index contributed by atoms with van der Waals surface area (Å²) in [6.45, 7) is 12.3. The van der Waals surface area contributed by atoms with E-state index < -0.39 is 0 Å². The molecule has 0 saturated heterocycles. The normalized spacial score (nSPS) is 10.6. The predicted molar refractivity (Wildman–Crippen MR) is 75.0 cm³/mol. The monoisotopic (exact) mass is 237 g/mol. The van der Waals surface area contributed by atoms with Crippen molar-refractivity contribution < 1.29 is 5.11 Å². The summed E-state index contributed by atoms with van der Waals surface area (Å²) in [5.41, 5.74) is 1.44. The number of quaternary nitrogens is 1. The summed E-state index contributed by atoms with van der Waals surface area (Å²) in [5, 5.41) is 9.30. The van der Waals surface area contributed by atoms with Gasteiger partial charge in [-0.25, -0.2) is 0 Å². The van der Waals surface area contributed by atoms with E-state index in [1.54, 1.807) is 0 Å². The Morgan fingerprint density at radius 3 is 1.59 bits per heavy atom. The van der Waals surface area contributed by atoms with Gasteiger partial charge in [0.05, 0.1) is 19.6 Å². The van der Waals surface area contributed by atoms with Crippen LogP contribution in [0.25, 0.3) is 0 Å². The molecule has 1 aromatic rings. The predicted octanol–water partition coefficient (Wildman–Crippen LogP) is 2.81. The first kappa shape index (κ1) is 16.1. The number of nitrogens with zero attached hydrogens (tertiary/aromatic N) is 1. The van der Waals surface area contributed by atoms with Crippen molar-refractivity contribution in [3.05, 3.63) is 30.3 Å². The number of benzene rings is 1. The van der Waals surface area contributed by atoms with Crippen molar-refractivity contribution in [2.45, 2.75) is 34.1 Å². The molecule has 2 nitrogen and oxygen atoms in total. The summed E-state index contributed by atoms with van der Waals surface area (Å²) in [6, 6.07) is 10.8. The van der Waals surface area contributed by atoms with Gasteiger partial charge in [-0.15, -0.1) is 6.61 Å². The molecule has 0 unspecified atom stereocenters. The zero-order chi connectivity index (χ0) is 13.1. The lowest BCUT2D eigenvalue weighted by Crippen LogP contribution is -2.48. The van der Waals surface area contributed by atoms with Crippen molar-refractivity contribution in [3.63, 3.8) is 0 Å². The van der Waals surface area contributed by atoms with Crippen molar-refractivity contribution in [2.24, 2.45) is 0 Å². The highest BCUT2D eigenvalue weighted by Crippen LogP contribution is 2.21. The van der Waals surface area contributed by atoms with E-state index in [1.807, 2.05) is 6.92 Å². The van der Waals surface area contributed by atoms with E-state index in [1.165, 1.54) is 25.3 Å². The van der Waals surface area contributed by atoms with Gasteiger partial charge in [0, 0.05) is 0 Å². The summed E-state index contributed by atoms with van der Waals surface area (Å²) in [5.74, 6) is 0. The summed E-state index contributed by atoms with van der Waals surface area (Å²) < 4.78 is 1.10. The molecule has 2 heteroatoms. The number of rotatable bonds is 5. The van der Waals surface area contributed by atoms with Crippen molar-refractivity contribution >= 4 is 5.69 Å². The lowest BCUT2D eigenvalue weighted by molar-refractivity contribution is -0.367. The van der Waals surface area contributed by atoms with Crippen LogP contribution in [0, 0.1) is 0 Å². The molecule has 98 valence electrons. The van der Waals surface area contributed by atoms with Crippen LogP contribution in [0.4, 0.5) is 5.69 Å². The van der Waals surface area contributed by atoms with E-state index in [0.29, 0.717) is 0 Å². The second-order valence-electron chi connectivity index (χ2n) is 4.13. The van der Waals surface area contributed by atoms with Crippen molar-refractivity contribution in [3.8, 4) is 0 Å². The van der Waals surface area contributed by atoms with Gasteiger partial charge in [0.15, 0.2) is 0 Å². The first-order valence-electron chi connectivity index (χ1n) is 6.70. The second kappa shape index (κ2) is 9.20. The van der Waals surface area contributed by atoms with Crippen LogP contribution in [0.15, 0.2) is 30.3 Å². The van der Waals surface area contributed by atoms with Gasteiger partial charge in [-0.1, -0.05) is 31.5 Å². The van der Waals surface area contributed by atoms with Gasteiger partial charge < -0.3 is 5.11 Å². The van der Waals surface area contributed by atoms with E-state index in [-0.39, 0.29) is 6.61 Å². The van der Waals surface area contributed by atoms with Gasteiger partial charge in [-0.05, 0) is 32.9 Å². The Kier molecular flexibility index (Phi) is 8.73. The molecule has 0 saturated carbocycles. The molecule has 0 fully saturated rings. The molecule has 0 aliphatic carbocycles. The molecule has 0 atom stereocenters. The lowest BCUT2D eigenvalue weighted by Gasteiger charge is -2.35. The average molecular weight is 237 g/mol. The van der Waals surface area contributed by atoms with Crippen LogP contribution in [0.2, 0.25) is 0 Å². The van der Waals surface area contributed by atoms with Crippen LogP contribution in [-0.2, 0) is 0 Å². The van der Waals surface area contributed by atoms with E-state index in [0.717, 1.165) is 10.9 Å². The van der Waals surface area contributed by atoms with Crippen molar-refractivity contribution in [2.75, 3.05) is 26.2 Å². The van der Waals surface area contributed by atoms with Gasteiger partial charge in [0.2, 0.25) is 0 Å². The molecule has 0 radical (unpaired) electrons. The molecule has 1 aromatic carbocycles. The Morgan fingerprint density at radius 1 is 0.882 bits per heavy atom. The molecule has 0 aliphatic rings. The van der Waals surface area contributed by atoms with Crippen LogP contribution in [0.5, 0.6) is 0 Å². The Morgan fingerprint density at radius 2 is 1.29 bits per heavy atom. The Hall–Kier alpha value is -0.860. The van der Waals surface area contributed by atoms with Crippen LogP contribution < -0.4 is 9.59 Å². The number of para-hydroxylation sites is 1. The maximum Gasteiger partial charge on any atom is 0.132 e. The Balaban J connectivity index is 0.000000557. The van der Waals surface area contributed by atoms with E-state index >= 15 is 0 Å². The van der Waals surface area contributed by atoms with Crippen LogP contribution >= 0.6 is 0 Å². The van der Waals surface area contributed by atoms with Gasteiger partial charge in [-0.2, -0.15) is 0 Å². The summed E-state index contributed by atoms with van der Waals surface area (Å²) >= 11 is 0. The fourth-order valence-corrected chi connectivity index (χ4v) is 1.96. The van der Waals surface area contributed by atoms with Gasteiger partial charge in [0.25, 0.3) is 0 Å². The topological polar surface area (TPSA) is 23.1 Å². The molecular weight excluding hydrogens is 210 g/mol. The minimum Gasteiger partial charge on any atom is -0.854 e. The van der Waals surface area contributed by atoms with Crippen molar-refractivity contribution in [1.82, 2.24) is 4.48 Å². The Bertz CT molecular complexity index is 257. The van der Waals surface area contributed by atoms with Crippen LogP contribution in [-0.4, -0.2) is 26.2 Å². The quantitative estimate of drug-likeness (QED) is 0.722. The highest BCUT2D eigenvalue weighted by molar-refractivity contribution is 5.42. The standard InChI is InChI=1S/C12H20N.C3H7O/c1-4-13(5-2,6-3)12-10-8-7-9-11-12;1-2-3-4/h7-11H,4-6H2,1-3H3;2-3H2,1H3/q+1;-1. The maximum absolute atomic E-state index is 9.30. The number of hydrogen-bond donors (Lipinski definition) is 0. The molecule has 1 rings (SSSR count). The van der Waals surface area contributed by atoms with E-state index in [2.05, 4.69) is 51.1 Å². The molecular formula is C15H27NO. The maximum atomic E-state index is 9.30. The van der Waals surface area contributed by atoms with Crippen LogP contribution in [0.3, 0.4) is 0 Å². The zero-order valence-electron chi connectivity index (χ0n) is 11.8. The molecule has 17 heavy (non-hydrogen) atoms. The van der Waals surface area contributed by atoms with E-state index in [9.17, 15) is 5.11 Å². The summed E-state index contributed by atoms with van der Waals surface area (Å²) in [6.07, 6.45) is 0.764. The van der Waals surface area contributed by atoms with Gasteiger partial charge >= 0.3 is 0 Å². The van der Waals surface area contributed by atoms with Gasteiger partial charge in [-0.3, -0.25) is 4.48 Å². The third-order valence-corrected chi connectivity index (χ3v) is 3.32. The van der Waals surface area contributed by atoms with Crippen molar-refractivity contribution in [1.29, 1.82) is 0 Å². The third-order valence-electron chi connectivity index (χ3n) is 3.32. The molecule has 0 spiro atoms. The largest absolute Gasteiger partial charge is 0.854 e. The molecule has 0 amide bonds. The lowest BCUT2D eigenvalue weighted by atomic mass is 10.2. The van der Waals surface area contributed by atoms with Gasteiger partial charge in [0.1, 0.15) is 5.69 Å². The third kappa shape index (κ3) is 4.88. The fourth-order valence-electron chi connectivity index (χ4n) is 1.96. The zero-order valence-corrected chi connectivity index (χ0v) is 11.8. The first-order valence-corrected chi connectivity index (χ1v) is 6.70. The highest BCUT2D eigenvalue weighted by atomic mass is 16.2. The molecule has 0 N–H and O–H groups in total. The fraction of sp³-hybridized carbons (Fsp3) is 0.600. The second-order valence-corrected chi connectivity index (χ2v) is 4.13. The SMILES string of the molecule is CCC[O-].CC[N+](CC)(CC)c1ccccc1. The minimum absolute atomic E-state index is 0.0694. The highest BCUT2D eigenvalue weighted by Gasteiger charge is 2.23. The average Bonchev–Trinajstić information content (AvgIpc) is 2.43. The van der Waals surface area contributed by atoms with E-state index in [4.69, 9.17) is 0 Å². The molecule has 0 aromatic heterocycles. The summed E-state index contributed by atoms with van der Waals surface area (Å²) in [7, 11) is 0. The number of hydrogen-bond acceptors (Lipinski definition) is 1. The molecule has 0 bridgehead atoms. The Labute approximate surface area is 106 Å². The first-order chi connectivity index (χ1) is 8.20. The molecule has 0 aliphatic heterocycles.